The zero-order valence-corrected chi connectivity index (χ0v) is 12.8. The first kappa shape index (κ1) is 14.7. The van der Waals surface area contributed by atoms with Crippen LogP contribution in [0.15, 0.2) is 30.6 Å². The topological polar surface area (TPSA) is 65.2 Å². The normalized spacial score (nSPS) is 10.3. The number of halogens is 2. The van der Waals surface area contributed by atoms with Crippen LogP contribution < -0.4 is 10.5 Å². The van der Waals surface area contributed by atoms with Crippen LogP contribution in [0, 0.1) is 9.39 Å². The van der Waals surface area contributed by atoms with Gasteiger partial charge in [0.05, 0.1) is 18.9 Å². The Balaban J connectivity index is 2.45. The van der Waals surface area contributed by atoms with Gasteiger partial charge in [-0.15, -0.1) is 0 Å². The Morgan fingerprint density at radius 1 is 1.40 bits per heavy atom. The van der Waals surface area contributed by atoms with E-state index in [2.05, 4.69) is 4.98 Å². The molecule has 20 heavy (non-hydrogen) atoms. The molecule has 0 fully saturated rings. The highest BCUT2D eigenvalue weighted by atomic mass is 127. The monoisotopic (exact) mass is 386 g/mol. The van der Waals surface area contributed by atoms with E-state index in [-0.39, 0.29) is 17.8 Å². The molecule has 0 atom stereocenters. The zero-order valence-electron chi connectivity index (χ0n) is 10.7. The highest BCUT2D eigenvalue weighted by Gasteiger charge is 2.16. The van der Waals surface area contributed by atoms with Crippen LogP contribution in [0.4, 0.5) is 4.39 Å². The lowest BCUT2D eigenvalue weighted by atomic mass is 10.0. The first-order valence-electron chi connectivity index (χ1n) is 5.77. The third-order valence-corrected chi connectivity index (χ3v) is 3.52. The van der Waals surface area contributed by atoms with Gasteiger partial charge in [0.1, 0.15) is 11.6 Å². The molecule has 2 rings (SSSR count). The Labute approximate surface area is 129 Å². The minimum Gasteiger partial charge on any atom is -0.494 e. The van der Waals surface area contributed by atoms with Crippen molar-refractivity contribution in [1.82, 2.24) is 4.98 Å². The number of ether oxygens (including phenoxy) is 1. The summed E-state index contributed by atoms with van der Waals surface area (Å²) in [6.45, 7) is 0. The third-order valence-electron chi connectivity index (χ3n) is 2.85. The van der Waals surface area contributed by atoms with Crippen molar-refractivity contribution in [3.63, 3.8) is 0 Å². The molecular formula is C14H12FIN2O2. The van der Waals surface area contributed by atoms with Crippen molar-refractivity contribution >= 4 is 28.5 Å². The molecule has 0 unspecified atom stereocenters. The molecule has 1 aromatic carbocycles. The number of nitrogens with zero attached hydrogens (tertiary/aromatic N) is 1. The summed E-state index contributed by atoms with van der Waals surface area (Å²) < 4.78 is 19.8. The molecule has 0 saturated carbocycles. The SMILES string of the molecule is COc1cncc(Cc2ccc(I)cc2F)c1C(N)=O. The molecule has 1 amide bonds. The number of rotatable bonds is 4. The molecule has 1 aromatic heterocycles. The zero-order chi connectivity index (χ0) is 14.7. The van der Waals surface area contributed by atoms with E-state index < -0.39 is 5.91 Å². The number of methoxy groups -OCH3 is 1. The molecule has 1 heterocycles. The molecule has 2 aromatic rings. The van der Waals surface area contributed by atoms with Crippen molar-refractivity contribution in [2.45, 2.75) is 6.42 Å². The predicted octanol–water partition coefficient (Wildman–Crippen LogP) is 2.52. The van der Waals surface area contributed by atoms with Crippen molar-refractivity contribution in [2.75, 3.05) is 7.11 Å². The molecule has 0 radical (unpaired) electrons. The van der Waals surface area contributed by atoms with Crippen molar-refractivity contribution in [2.24, 2.45) is 5.73 Å². The van der Waals surface area contributed by atoms with Gasteiger partial charge in [-0.05, 0) is 45.9 Å². The summed E-state index contributed by atoms with van der Waals surface area (Å²) in [5.41, 5.74) is 6.62. The van der Waals surface area contributed by atoms with Gasteiger partial charge < -0.3 is 10.5 Å². The van der Waals surface area contributed by atoms with E-state index in [1.165, 1.54) is 25.6 Å². The molecule has 0 bridgehead atoms. The molecule has 4 nitrogen and oxygen atoms in total. The quantitative estimate of drug-likeness (QED) is 0.822. The first-order valence-corrected chi connectivity index (χ1v) is 6.85. The van der Waals surface area contributed by atoms with Gasteiger partial charge in [-0.3, -0.25) is 9.78 Å². The summed E-state index contributed by atoms with van der Waals surface area (Å²) in [5, 5.41) is 0. The van der Waals surface area contributed by atoms with E-state index >= 15 is 0 Å². The van der Waals surface area contributed by atoms with E-state index in [0.29, 0.717) is 16.9 Å². The summed E-state index contributed by atoms with van der Waals surface area (Å²) in [4.78, 5) is 15.5. The molecule has 2 N–H and O–H groups in total. The lowest BCUT2D eigenvalue weighted by molar-refractivity contribution is 0.0996. The lowest BCUT2D eigenvalue weighted by Gasteiger charge is -2.11. The van der Waals surface area contributed by atoms with Crippen LogP contribution in [0.3, 0.4) is 0 Å². The van der Waals surface area contributed by atoms with Crippen LogP contribution in [-0.2, 0) is 6.42 Å². The first-order chi connectivity index (χ1) is 9.52. The van der Waals surface area contributed by atoms with Gasteiger partial charge in [-0.25, -0.2) is 4.39 Å². The number of primary amides is 1. The second-order valence-corrected chi connectivity index (χ2v) is 5.40. The van der Waals surface area contributed by atoms with Gasteiger partial charge in [0, 0.05) is 16.2 Å². The molecule has 0 aliphatic heterocycles. The summed E-state index contributed by atoms with van der Waals surface area (Å²) in [7, 11) is 1.43. The minimum absolute atomic E-state index is 0.227. The predicted molar refractivity (Wildman–Crippen MR) is 81.2 cm³/mol. The molecule has 6 heteroatoms. The largest absolute Gasteiger partial charge is 0.494 e. The highest BCUT2D eigenvalue weighted by molar-refractivity contribution is 14.1. The number of pyridine rings is 1. The van der Waals surface area contributed by atoms with Gasteiger partial charge in [0.2, 0.25) is 0 Å². The van der Waals surface area contributed by atoms with Gasteiger partial charge in [-0.1, -0.05) is 6.07 Å². The number of nitrogens with two attached hydrogens (primary N) is 1. The maximum absolute atomic E-state index is 13.9. The minimum atomic E-state index is -0.620. The maximum atomic E-state index is 13.9. The van der Waals surface area contributed by atoms with E-state index in [4.69, 9.17) is 10.5 Å². The third kappa shape index (κ3) is 3.06. The van der Waals surface area contributed by atoms with Crippen LogP contribution in [0.1, 0.15) is 21.5 Å². The number of aromatic nitrogens is 1. The van der Waals surface area contributed by atoms with Crippen molar-refractivity contribution in [3.05, 3.63) is 56.7 Å². The smallest absolute Gasteiger partial charge is 0.252 e. The van der Waals surface area contributed by atoms with Crippen molar-refractivity contribution in [3.8, 4) is 5.75 Å². The van der Waals surface area contributed by atoms with Gasteiger partial charge in [0.15, 0.2) is 0 Å². The molecule has 0 saturated heterocycles. The molecule has 0 aliphatic rings. The molecule has 0 spiro atoms. The Bertz CT molecular complexity index is 662. The van der Waals surface area contributed by atoms with Crippen LogP contribution >= 0.6 is 22.6 Å². The fraction of sp³-hybridized carbons (Fsp3) is 0.143. The average Bonchev–Trinajstić information content (AvgIpc) is 2.41. The number of amides is 1. The van der Waals surface area contributed by atoms with Gasteiger partial charge in [-0.2, -0.15) is 0 Å². The molecular weight excluding hydrogens is 374 g/mol. The van der Waals surface area contributed by atoms with Crippen molar-refractivity contribution < 1.29 is 13.9 Å². The van der Waals surface area contributed by atoms with E-state index in [0.717, 1.165) is 3.57 Å². The Kier molecular flexibility index (Phi) is 4.53. The van der Waals surface area contributed by atoms with Crippen molar-refractivity contribution in [1.29, 1.82) is 0 Å². The van der Waals surface area contributed by atoms with Crippen LogP contribution in [0.2, 0.25) is 0 Å². The van der Waals surface area contributed by atoms with Crippen LogP contribution in [0.5, 0.6) is 5.75 Å². The van der Waals surface area contributed by atoms with Gasteiger partial charge in [0.25, 0.3) is 5.91 Å². The number of carbonyl (C=O) groups excluding carboxylic acids is 1. The fourth-order valence-electron chi connectivity index (χ4n) is 1.92. The Morgan fingerprint density at radius 3 is 2.75 bits per heavy atom. The summed E-state index contributed by atoms with van der Waals surface area (Å²) in [6, 6.07) is 4.92. The Morgan fingerprint density at radius 2 is 2.15 bits per heavy atom. The van der Waals surface area contributed by atoms with Gasteiger partial charge >= 0.3 is 0 Å². The van der Waals surface area contributed by atoms with E-state index in [9.17, 15) is 9.18 Å². The number of hydrogen-bond acceptors (Lipinski definition) is 3. The number of hydrogen-bond donors (Lipinski definition) is 1. The molecule has 104 valence electrons. The standard InChI is InChI=1S/C14H12FIN2O2/c1-20-12-7-18-6-9(13(12)14(17)19)4-8-2-3-10(16)5-11(8)15/h2-3,5-7H,4H2,1H3,(H2,17,19). The molecule has 0 aliphatic carbocycles. The second-order valence-electron chi connectivity index (χ2n) is 4.15. The fourth-order valence-corrected chi connectivity index (χ4v) is 2.37. The lowest BCUT2D eigenvalue weighted by Crippen LogP contribution is -2.16. The van der Waals surface area contributed by atoms with Crippen LogP contribution in [0.25, 0.3) is 0 Å². The summed E-state index contributed by atoms with van der Waals surface area (Å²) >= 11 is 2.04. The summed E-state index contributed by atoms with van der Waals surface area (Å²) in [6.07, 6.45) is 3.14. The van der Waals surface area contributed by atoms with Crippen LogP contribution in [-0.4, -0.2) is 18.0 Å². The summed E-state index contributed by atoms with van der Waals surface area (Å²) in [5.74, 6) is -0.652. The number of benzene rings is 1. The second kappa shape index (κ2) is 6.17. The van der Waals surface area contributed by atoms with E-state index in [1.807, 2.05) is 22.6 Å². The average molecular weight is 386 g/mol. The maximum Gasteiger partial charge on any atom is 0.252 e. The van der Waals surface area contributed by atoms with E-state index in [1.54, 1.807) is 12.1 Å². The Hall–Kier alpha value is -1.70. The number of carbonyl (C=O) groups is 1. The highest BCUT2D eigenvalue weighted by Crippen LogP contribution is 2.24.